The van der Waals surface area contributed by atoms with Crippen molar-refractivity contribution < 1.29 is 4.79 Å². The summed E-state index contributed by atoms with van der Waals surface area (Å²) in [6.45, 7) is 0.818. The fraction of sp³-hybridized carbons (Fsp3) is 0.211. The lowest BCUT2D eigenvalue weighted by Crippen LogP contribution is -2.40. The van der Waals surface area contributed by atoms with Gasteiger partial charge in [-0.1, -0.05) is 41.6 Å². The van der Waals surface area contributed by atoms with Gasteiger partial charge in [0.2, 0.25) is 5.91 Å². The van der Waals surface area contributed by atoms with Crippen LogP contribution in [0.1, 0.15) is 24.0 Å². The van der Waals surface area contributed by atoms with E-state index in [0.29, 0.717) is 5.02 Å². The van der Waals surface area contributed by atoms with Crippen molar-refractivity contribution in [3.05, 3.63) is 64.7 Å². The topological polar surface area (TPSA) is 46.3 Å². The van der Waals surface area contributed by atoms with Crippen molar-refractivity contribution >= 4 is 23.2 Å². The van der Waals surface area contributed by atoms with E-state index in [2.05, 4.69) is 11.8 Å². The molecule has 3 nitrogen and oxygen atoms in total. The molecule has 2 N–H and O–H groups in total. The zero-order chi connectivity index (χ0) is 16.2. The van der Waals surface area contributed by atoms with E-state index < -0.39 is 0 Å². The highest BCUT2D eigenvalue weighted by Gasteiger charge is 2.29. The number of benzene rings is 2. The maximum Gasteiger partial charge on any atom is 0.240 e. The zero-order valence-electron chi connectivity index (χ0n) is 12.6. The highest BCUT2D eigenvalue weighted by molar-refractivity contribution is 6.32. The average molecular weight is 325 g/mol. The maximum atomic E-state index is 11.5. The predicted molar refractivity (Wildman–Crippen MR) is 93.4 cm³/mol. The molecule has 1 amide bonds. The summed E-state index contributed by atoms with van der Waals surface area (Å²) in [6, 6.07) is 15.2. The van der Waals surface area contributed by atoms with E-state index in [9.17, 15) is 4.79 Å². The summed E-state index contributed by atoms with van der Waals surface area (Å²) in [7, 11) is 0. The Morgan fingerprint density at radius 3 is 2.65 bits per heavy atom. The second-order valence-corrected chi connectivity index (χ2v) is 5.94. The lowest BCUT2D eigenvalue weighted by molar-refractivity contribution is -0.119. The molecule has 1 aliphatic rings. The van der Waals surface area contributed by atoms with Crippen LogP contribution in [0.3, 0.4) is 0 Å². The van der Waals surface area contributed by atoms with Crippen LogP contribution in [0.5, 0.6) is 0 Å². The number of amides is 1. The first kappa shape index (κ1) is 15.5. The molecule has 116 valence electrons. The molecule has 1 atom stereocenters. The molecule has 3 rings (SSSR count). The van der Waals surface area contributed by atoms with Gasteiger partial charge in [0.05, 0.1) is 5.02 Å². The van der Waals surface area contributed by atoms with Crippen molar-refractivity contribution in [2.45, 2.75) is 18.9 Å². The molecule has 0 bridgehead atoms. The molecule has 0 radical (unpaired) electrons. The van der Waals surface area contributed by atoms with Crippen LogP contribution in [0.25, 0.3) is 0 Å². The first-order chi connectivity index (χ1) is 11.1. The van der Waals surface area contributed by atoms with Crippen molar-refractivity contribution in [2.24, 2.45) is 5.73 Å². The van der Waals surface area contributed by atoms with Crippen LogP contribution in [-0.2, 0) is 4.79 Å². The van der Waals surface area contributed by atoms with Crippen molar-refractivity contribution in [1.82, 2.24) is 0 Å². The molecule has 0 saturated carbocycles. The van der Waals surface area contributed by atoms with Crippen molar-refractivity contribution in [2.75, 3.05) is 11.4 Å². The highest BCUT2D eigenvalue weighted by atomic mass is 35.5. The molecule has 1 aliphatic heterocycles. The van der Waals surface area contributed by atoms with Gasteiger partial charge in [0.1, 0.15) is 6.04 Å². The minimum absolute atomic E-state index is 0.243. The van der Waals surface area contributed by atoms with E-state index in [4.69, 9.17) is 17.3 Å². The molecule has 0 aromatic heterocycles. The van der Waals surface area contributed by atoms with E-state index in [1.54, 1.807) is 0 Å². The third-order valence-corrected chi connectivity index (χ3v) is 4.29. The third kappa shape index (κ3) is 3.49. The number of halogens is 1. The lowest BCUT2D eigenvalue weighted by Gasteiger charge is -2.24. The number of anilines is 1. The number of rotatable bonds is 2. The highest BCUT2D eigenvalue weighted by Crippen LogP contribution is 2.29. The summed E-state index contributed by atoms with van der Waals surface area (Å²) in [5, 5.41) is 0.584. The molecule has 0 spiro atoms. The number of primary amides is 1. The minimum atomic E-state index is -0.286. The van der Waals surface area contributed by atoms with Gasteiger partial charge in [-0.15, -0.1) is 0 Å². The van der Waals surface area contributed by atoms with Crippen LogP contribution >= 0.6 is 11.6 Å². The van der Waals surface area contributed by atoms with Crippen LogP contribution in [0.15, 0.2) is 48.5 Å². The van der Waals surface area contributed by atoms with Gasteiger partial charge in [-0.25, -0.2) is 0 Å². The number of carbonyl (C=O) groups is 1. The van der Waals surface area contributed by atoms with E-state index in [1.807, 2.05) is 53.4 Å². The van der Waals surface area contributed by atoms with Crippen molar-refractivity contribution in [3.63, 3.8) is 0 Å². The van der Waals surface area contributed by atoms with Gasteiger partial charge in [0.25, 0.3) is 0 Å². The number of nitrogens with two attached hydrogens (primary N) is 1. The van der Waals surface area contributed by atoms with Crippen LogP contribution in [0.2, 0.25) is 5.02 Å². The molecule has 4 heteroatoms. The Kier molecular flexibility index (Phi) is 4.55. The summed E-state index contributed by atoms with van der Waals surface area (Å²) >= 11 is 6.36. The smallest absolute Gasteiger partial charge is 0.240 e. The molecule has 1 fully saturated rings. The van der Waals surface area contributed by atoms with Gasteiger partial charge < -0.3 is 10.6 Å². The summed E-state index contributed by atoms with van der Waals surface area (Å²) in [4.78, 5) is 13.5. The lowest BCUT2D eigenvalue weighted by atomic mass is 10.1. The van der Waals surface area contributed by atoms with E-state index in [-0.39, 0.29) is 11.9 Å². The molecule has 2 aromatic carbocycles. The Hall–Kier alpha value is -2.44. The average Bonchev–Trinajstić information content (AvgIpc) is 3.04. The van der Waals surface area contributed by atoms with Gasteiger partial charge in [0, 0.05) is 23.4 Å². The number of hydrogen-bond acceptors (Lipinski definition) is 2. The van der Waals surface area contributed by atoms with Crippen LogP contribution in [0, 0.1) is 11.8 Å². The second kappa shape index (κ2) is 6.76. The Morgan fingerprint density at radius 2 is 1.96 bits per heavy atom. The number of nitrogens with zero attached hydrogens (tertiary/aromatic N) is 1. The quantitative estimate of drug-likeness (QED) is 0.862. The van der Waals surface area contributed by atoms with E-state index >= 15 is 0 Å². The van der Waals surface area contributed by atoms with Gasteiger partial charge in [-0.3, -0.25) is 4.79 Å². The zero-order valence-corrected chi connectivity index (χ0v) is 13.4. The van der Waals surface area contributed by atoms with Crippen LogP contribution in [0.4, 0.5) is 5.69 Å². The van der Waals surface area contributed by atoms with Crippen LogP contribution < -0.4 is 10.6 Å². The van der Waals surface area contributed by atoms with Gasteiger partial charge in [-0.2, -0.15) is 0 Å². The minimum Gasteiger partial charge on any atom is -0.368 e. The number of hydrogen-bond donors (Lipinski definition) is 1. The molecule has 1 saturated heterocycles. The number of carbonyl (C=O) groups excluding carboxylic acids is 1. The van der Waals surface area contributed by atoms with Crippen molar-refractivity contribution in [3.8, 4) is 11.8 Å². The molecular weight excluding hydrogens is 308 g/mol. The Balaban J connectivity index is 1.84. The molecular formula is C19H17ClN2O. The molecule has 23 heavy (non-hydrogen) atoms. The van der Waals surface area contributed by atoms with E-state index in [0.717, 1.165) is 36.2 Å². The molecule has 2 aromatic rings. The normalized spacial score (nSPS) is 16.7. The molecule has 1 heterocycles. The summed E-state index contributed by atoms with van der Waals surface area (Å²) < 4.78 is 0. The monoisotopic (exact) mass is 324 g/mol. The first-order valence-corrected chi connectivity index (χ1v) is 7.95. The molecule has 0 aliphatic carbocycles. The second-order valence-electron chi connectivity index (χ2n) is 5.53. The largest absolute Gasteiger partial charge is 0.368 e. The van der Waals surface area contributed by atoms with Gasteiger partial charge >= 0.3 is 0 Å². The predicted octanol–water partition coefficient (Wildman–Crippen LogP) is 3.19. The van der Waals surface area contributed by atoms with Crippen LogP contribution in [-0.4, -0.2) is 18.5 Å². The van der Waals surface area contributed by atoms with Gasteiger partial charge in [-0.05, 0) is 43.2 Å². The SMILES string of the molecule is NC(=O)[C@H]1CCCN1c1ccc(C#Cc2ccccc2)c(Cl)c1. The fourth-order valence-corrected chi connectivity index (χ4v) is 3.04. The third-order valence-electron chi connectivity index (χ3n) is 3.98. The fourth-order valence-electron chi connectivity index (χ4n) is 2.82. The Bertz CT molecular complexity index is 777. The standard InChI is InChI=1S/C19H17ClN2O/c20-17-13-16(22-12-4-7-18(22)19(21)23)11-10-15(17)9-8-14-5-2-1-3-6-14/h1-3,5-6,10-11,13,18H,4,7,12H2,(H2,21,23)/t18-/m1/s1. The Labute approximate surface area is 141 Å². The van der Waals surface area contributed by atoms with Gasteiger partial charge in [0.15, 0.2) is 0 Å². The Morgan fingerprint density at radius 1 is 1.17 bits per heavy atom. The first-order valence-electron chi connectivity index (χ1n) is 7.58. The van der Waals surface area contributed by atoms with Crippen molar-refractivity contribution in [1.29, 1.82) is 0 Å². The molecule has 0 unspecified atom stereocenters. The summed E-state index contributed by atoms with van der Waals surface area (Å²) in [5.41, 5.74) is 8.11. The summed E-state index contributed by atoms with van der Waals surface area (Å²) in [6.07, 6.45) is 1.75. The maximum absolute atomic E-state index is 11.5. The summed E-state index contributed by atoms with van der Waals surface area (Å²) in [5.74, 6) is 5.90. The van der Waals surface area contributed by atoms with E-state index in [1.165, 1.54) is 0 Å².